The molecular weight excluding hydrogens is 316 g/mol. The molecule has 0 aromatic carbocycles. The van der Waals surface area contributed by atoms with Crippen LogP contribution < -0.4 is 10.2 Å². The fraction of sp³-hybridized carbons (Fsp3) is 0.667. The maximum Gasteiger partial charge on any atom is 0.224 e. The van der Waals surface area contributed by atoms with E-state index < -0.39 is 0 Å². The van der Waals surface area contributed by atoms with Crippen molar-refractivity contribution < 1.29 is 4.79 Å². The molecule has 0 bridgehead atoms. The molecule has 7 nitrogen and oxygen atoms in total. The van der Waals surface area contributed by atoms with E-state index in [2.05, 4.69) is 15.3 Å². The largest absolute Gasteiger partial charge is 0.356 e. The number of anilines is 1. The molecular formula is C18H26N6O. The molecule has 3 heterocycles. The second-order valence-electron chi connectivity index (χ2n) is 7.22. The predicted octanol–water partition coefficient (Wildman–Crippen LogP) is 1.98. The minimum absolute atomic E-state index is 0.0385. The Labute approximate surface area is 147 Å². The summed E-state index contributed by atoms with van der Waals surface area (Å²) in [6.45, 7) is 4.22. The molecule has 1 amide bonds. The SMILES string of the molecule is CCNC(=O)[C@@H]1CCN(c2nc(C3CCCC3)nc3c2cnn3C)C1. The van der Waals surface area contributed by atoms with Crippen molar-refractivity contribution in [2.24, 2.45) is 13.0 Å². The van der Waals surface area contributed by atoms with Crippen LogP contribution in [-0.4, -0.2) is 45.3 Å². The molecule has 2 fully saturated rings. The number of nitrogens with zero attached hydrogens (tertiary/aromatic N) is 5. The summed E-state index contributed by atoms with van der Waals surface area (Å²) in [6, 6.07) is 0. The van der Waals surface area contributed by atoms with Gasteiger partial charge in [0.15, 0.2) is 5.65 Å². The van der Waals surface area contributed by atoms with E-state index in [4.69, 9.17) is 9.97 Å². The Bertz CT molecular complexity index is 779. The Kier molecular flexibility index (Phi) is 4.31. The smallest absolute Gasteiger partial charge is 0.224 e. The van der Waals surface area contributed by atoms with Gasteiger partial charge in [0.2, 0.25) is 5.91 Å². The first-order valence-corrected chi connectivity index (χ1v) is 9.39. The summed E-state index contributed by atoms with van der Waals surface area (Å²) in [7, 11) is 1.93. The van der Waals surface area contributed by atoms with Crippen molar-refractivity contribution >= 4 is 22.8 Å². The molecule has 2 aromatic heterocycles. The van der Waals surface area contributed by atoms with Crippen LogP contribution in [0, 0.1) is 5.92 Å². The summed E-state index contributed by atoms with van der Waals surface area (Å²) >= 11 is 0. The summed E-state index contributed by atoms with van der Waals surface area (Å²) < 4.78 is 1.83. The van der Waals surface area contributed by atoms with Crippen molar-refractivity contribution in [2.75, 3.05) is 24.5 Å². The summed E-state index contributed by atoms with van der Waals surface area (Å²) in [4.78, 5) is 24.2. The van der Waals surface area contributed by atoms with Gasteiger partial charge in [-0.2, -0.15) is 5.10 Å². The predicted molar refractivity (Wildman–Crippen MR) is 96.5 cm³/mol. The first kappa shape index (κ1) is 16.3. The van der Waals surface area contributed by atoms with Crippen LogP contribution >= 0.6 is 0 Å². The number of aryl methyl sites for hydroxylation is 1. The standard InChI is InChI=1S/C18H26N6O/c1-3-19-18(25)13-8-9-24(11-13)17-14-10-20-23(2)16(14)21-15(22-17)12-6-4-5-7-12/h10,12-13H,3-9,11H2,1-2H3,(H,19,25)/t13-/m1/s1. The van der Waals surface area contributed by atoms with Crippen LogP contribution in [0.5, 0.6) is 0 Å². The summed E-state index contributed by atoms with van der Waals surface area (Å²) in [5.74, 6) is 2.55. The Hall–Kier alpha value is -2.18. The van der Waals surface area contributed by atoms with Crippen molar-refractivity contribution in [1.29, 1.82) is 0 Å². The third-order valence-electron chi connectivity index (χ3n) is 5.52. The van der Waals surface area contributed by atoms with Gasteiger partial charge in [0.1, 0.15) is 11.6 Å². The number of amides is 1. The lowest BCUT2D eigenvalue weighted by Crippen LogP contribution is -2.32. The highest BCUT2D eigenvalue weighted by Crippen LogP contribution is 2.35. The third kappa shape index (κ3) is 2.96. The Morgan fingerprint density at radius 1 is 1.28 bits per heavy atom. The number of nitrogens with one attached hydrogen (secondary N) is 1. The van der Waals surface area contributed by atoms with Crippen LogP contribution in [0.25, 0.3) is 11.0 Å². The Morgan fingerprint density at radius 2 is 2.08 bits per heavy atom. The summed E-state index contributed by atoms with van der Waals surface area (Å²) in [5, 5.41) is 8.32. The molecule has 1 aliphatic carbocycles. The number of fused-ring (bicyclic) bond motifs is 1. The van der Waals surface area contributed by atoms with Crippen molar-refractivity contribution in [1.82, 2.24) is 25.1 Å². The van der Waals surface area contributed by atoms with Crippen LogP contribution in [0.4, 0.5) is 5.82 Å². The van der Waals surface area contributed by atoms with Gasteiger partial charge in [-0.3, -0.25) is 9.48 Å². The number of rotatable bonds is 4. The van der Waals surface area contributed by atoms with Crippen molar-refractivity contribution in [3.8, 4) is 0 Å². The van der Waals surface area contributed by atoms with Gasteiger partial charge in [-0.15, -0.1) is 0 Å². The fourth-order valence-electron chi connectivity index (χ4n) is 4.12. The molecule has 0 radical (unpaired) electrons. The van der Waals surface area contributed by atoms with Gasteiger partial charge >= 0.3 is 0 Å². The van der Waals surface area contributed by atoms with E-state index in [-0.39, 0.29) is 11.8 Å². The van der Waals surface area contributed by atoms with Crippen LogP contribution in [0.2, 0.25) is 0 Å². The zero-order chi connectivity index (χ0) is 17.4. The second kappa shape index (κ2) is 6.61. The molecule has 1 N–H and O–H groups in total. The van der Waals surface area contributed by atoms with Gasteiger partial charge in [0.25, 0.3) is 0 Å². The molecule has 7 heteroatoms. The van der Waals surface area contributed by atoms with Gasteiger partial charge in [0, 0.05) is 32.6 Å². The number of carbonyl (C=O) groups is 1. The van der Waals surface area contributed by atoms with Crippen molar-refractivity contribution in [3.05, 3.63) is 12.0 Å². The molecule has 0 unspecified atom stereocenters. The van der Waals surface area contributed by atoms with Crippen LogP contribution in [-0.2, 0) is 11.8 Å². The normalized spacial score (nSPS) is 21.4. The second-order valence-corrected chi connectivity index (χ2v) is 7.22. The van der Waals surface area contributed by atoms with Crippen molar-refractivity contribution in [2.45, 2.75) is 44.9 Å². The van der Waals surface area contributed by atoms with Gasteiger partial charge in [-0.1, -0.05) is 12.8 Å². The Balaban J connectivity index is 1.67. The molecule has 2 aromatic rings. The monoisotopic (exact) mass is 342 g/mol. The molecule has 4 rings (SSSR count). The lowest BCUT2D eigenvalue weighted by molar-refractivity contribution is -0.124. The van der Waals surface area contributed by atoms with Crippen LogP contribution in [0.3, 0.4) is 0 Å². The van der Waals surface area contributed by atoms with Crippen LogP contribution in [0.1, 0.15) is 50.8 Å². The highest BCUT2D eigenvalue weighted by atomic mass is 16.1. The zero-order valence-electron chi connectivity index (χ0n) is 15.0. The third-order valence-corrected chi connectivity index (χ3v) is 5.52. The fourth-order valence-corrected chi connectivity index (χ4v) is 4.12. The topological polar surface area (TPSA) is 75.9 Å². The molecule has 1 atom stereocenters. The molecule has 1 aliphatic heterocycles. The maximum atomic E-state index is 12.2. The van der Waals surface area contributed by atoms with E-state index in [0.717, 1.165) is 42.2 Å². The lowest BCUT2D eigenvalue weighted by atomic mass is 10.1. The molecule has 2 aliphatic rings. The molecule has 134 valence electrons. The quantitative estimate of drug-likeness (QED) is 0.919. The van der Waals surface area contributed by atoms with Gasteiger partial charge in [-0.25, -0.2) is 9.97 Å². The van der Waals surface area contributed by atoms with E-state index in [1.54, 1.807) is 0 Å². The average Bonchev–Trinajstić information content (AvgIpc) is 3.36. The summed E-state index contributed by atoms with van der Waals surface area (Å²) in [6.07, 6.45) is 7.58. The van der Waals surface area contributed by atoms with Gasteiger partial charge in [0.05, 0.1) is 17.5 Å². The number of carbonyl (C=O) groups excluding carboxylic acids is 1. The van der Waals surface area contributed by atoms with E-state index in [9.17, 15) is 4.79 Å². The zero-order valence-corrected chi connectivity index (χ0v) is 15.0. The highest BCUT2D eigenvalue weighted by Gasteiger charge is 2.31. The average molecular weight is 342 g/mol. The molecule has 0 spiro atoms. The lowest BCUT2D eigenvalue weighted by Gasteiger charge is -2.20. The van der Waals surface area contributed by atoms with E-state index in [1.807, 2.05) is 24.9 Å². The molecule has 1 saturated carbocycles. The van der Waals surface area contributed by atoms with E-state index >= 15 is 0 Å². The van der Waals surface area contributed by atoms with Crippen LogP contribution in [0.15, 0.2) is 6.20 Å². The van der Waals surface area contributed by atoms with E-state index in [1.165, 1.54) is 25.7 Å². The number of hydrogen-bond acceptors (Lipinski definition) is 5. The van der Waals surface area contributed by atoms with Gasteiger partial charge in [-0.05, 0) is 26.2 Å². The number of aromatic nitrogens is 4. The van der Waals surface area contributed by atoms with Gasteiger partial charge < -0.3 is 10.2 Å². The minimum Gasteiger partial charge on any atom is -0.356 e. The number of hydrogen-bond donors (Lipinski definition) is 1. The van der Waals surface area contributed by atoms with Crippen molar-refractivity contribution in [3.63, 3.8) is 0 Å². The highest BCUT2D eigenvalue weighted by molar-refractivity contribution is 5.88. The molecule has 1 saturated heterocycles. The van der Waals surface area contributed by atoms with E-state index in [0.29, 0.717) is 12.5 Å². The first-order chi connectivity index (χ1) is 12.2. The maximum absolute atomic E-state index is 12.2. The minimum atomic E-state index is 0.0385. The molecule has 25 heavy (non-hydrogen) atoms. The Morgan fingerprint density at radius 3 is 2.84 bits per heavy atom. The summed E-state index contributed by atoms with van der Waals surface area (Å²) in [5.41, 5.74) is 0.897. The first-order valence-electron chi connectivity index (χ1n) is 9.39.